The minimum Gasteiger partial charge on any atom is -0.485 e. The molecule has 8 nitrogen and oxygen atoms in total. The lowest BCUT2D eigenvalue weighted by molar-refractivity contribution is -0.148. The van der Waals surface area contributed by atoms with Gasteiger partial charge in [-0.3, -0.25) is 9.59 Å². The van der Waals surface area contributed by atoms with Crippen molar-refractivity contribution >= 4 is 17.7 Å². The Kier molecular flexibility index (Phi) is 10.9. The van der Waals surface area contributed by atoms with Crippen LogP contribution in [-0.2, 0) is 25.7 Å². The average Bonchev–Trinajstić information content (AvgIpc) is 3.61. The molecule has 3 fully saturated rings. The molecule has 6 rings (SSSR count). The molecule has 0 aliphatic carbocycles. The Morgan fingerprint density at radius 1 is 0.979 bits per heavy atom. The third-order valence-electron chi connectivity index (χ3n) is 10.0. The highest BCUT2D eigenvalue weighted by Crippen LogP contribution is 2.36. The van der Waals surface area contributed by atoms with Gasteiger partial charge in [0.25, 0.3) is 0 Å². The van der Waals surface area contributed by atoms with E-state index in [0.717, 1.165) is 56.2 Å². The SMILES string of the molecule is CCOC(=O)C1CCN(c2cccc(-c3cc(F)cc(F)c3OCc3ccc(C4CCN(C(=O)CC5CCOC5)CC4)cc3C)n2)CC1. The fraction of sp³-hybridized carbons (Fsp3) is 0.500. The Labute approximate surface area is 281 Å². The van der Waals surface area contributed by atoms with E-state index in [0.29, 0.717) is 68.9 Å². The first kappa shape index (κ1) is 33.8. The number of nitrogens with zero attached hydrogens (tertiary/aromatic N) is 3. The molecule has 4 heterocycles. The van der Waals surface area contributed by atoms with Crippen molar-refractivity contribution in [2.24, 2.45) is 11.8 Å². The molecule has 1 atom stereocenters. The van der Waals surface area contributed by atoms with E-state index in [9.17, 15) is 14.0 Å². The first-order valence-electron chi connectivity index (χ1n) is 17.2. The van der Waals surface area contributed by atoms with Gasteiger partial charge in [-0.15, -0.1) is 0 Å². The summed E-state index contributed by atoms with van der Waals surface area (Å²) in [5, 5.41) is 0. The van der Waals surface area contributed by atoms with Gasteiger partial charge in [-0.1, -0.05) is 24.3 Å². The van der Waals surface area contributed by atoms with Crippen LogP contribution in [0.5, 0.6) is 5.75 Å². The van der Waals surface area contributed by atoms with Crippen molar-refractivity contribution < 1.29 is 32.6 Å². The predicted octanol–water partition coefficient (Wildman–Crippen LogP) is 6.83. The first-order chi connectivity index (χ1) is 23.3. The summed E-state index contributed by atoms with van der Waals surface area (Å²) in [6.07, 6.45) is 4.69. The van der Waals surface area contributed by atoms with Crippen LogP contribution in [0, 0.1) is 30.4 Å². The largest absolute Gasteiger partial charge is 0.485 e. The number of carbonyl (C=O) groups is 2. The summed E-state index contributed by atoms with van der Waals surface area (Å²) in [4.78, 5) is 33.8. The predicted molar refractivity (Wildman–Crippen MR) is 179 cm³/mol. The van der Waals surface area contributed by atoms with Crippen molar-refractivity contribution in [3.05, 3.63) is 76.9 Å². The fourth-order valence-corrected chi connectivity index (χ4v) is 7.12. The molecule has 3 aromatic rings. The molecule has 0 N–H and O–H groups in total. The lowest BCUT2D eigenvalue weighted by Gasteiger charge is -2.33. The molecule has 1 aromatic heterocycles. The first-order valence-corrected chi connectivity index (χ1v) is 17.2. The molecular formula is C38H45F2N3O5. The van der Waals surface area contributed by atoms with Crippen molar-refractivity contribution in [3.8, 4) is 17.0 Å². The summed E-state index contributed by atoms with van der Waals surface area (Å²) in [5.41, 5.74) is 3.82. The maximum atomic E-state index is 15.3. The van der Waals surface area contributed by atoms with Crippen molar-refractivity contribution in [1.82, 2.24) is 9.88 Å². The molecule has 48 heavy (non-hydrogen) atoms. The summed E-state index contributed by atoms with van der Waals surface area (Å²) in [6.45, 7) is 8.52. The number of likely N-dealkylation sites (tertiary alicyclic amines) is 1. The number of ether oxygens (including phenoxy) is 3. The smallest absolute Gasteiger partial charge is 0.309 e. The van der Waals surface area contributed by atoms with Crippen LogP contribution in [0.4, 0.5) is 14.6 Å². The van der Waals surface area contributed by atoms with Crippen molar-refractivity contribution in [2.45, 2.75) is 64.9 Å². The number of amides is 1. The van der Waals surface area contributed by atoms with Crippen LogP contribution in [-0.4, -0.2) is 67.8 Å². The Bertz CT molecular complexity index is 1600. The zero-order chi connectivity index (χ0) is 33.6. The number of esters is 1. The summed E-state index contributed by atoms with van der Waals surface area (Å²) in [6, 6.07) is 13.8. The van der Waals surface area contributed by atoms with Crippen LogP contribution in [0.1, 0.15) is 68.1 Å². The maximum absolute atomic E-state index is 15.3. The van der Waals surface area contributed by atoms with Gasteiger partial charge < -0.3 is 24.0 Å². The van der Waals surface area contributed by atoms with Gasteiger partial charge in [0.05, 0.1) is 18.2 Å². The third kappa shape index (κ3) is 7.97. The normalized spacial score (nSPS) is 19.0. The van der Waals surface area contributed by atoms with Crippen molar-refractivity contribution in [2.75, 3.05) is 50.9 Å². The Hall–Kier alpha value is -4.05. The summed E-state index contributed by atoms with van der Waals surface area (Å²) in [7, 11) is 0. The number of rotatable bonds is 10. The lowest BCUT2D eigenvalue weighted by Crippen LogP contribution is -2.38. The molecule has 256 valence electrons. The Morgan fingerprint density at radius 2 is 1.77 bits per heavy atom. The quantitative estimate of drug-likeness (QED) is 0.221. The van der Waals surface area contributed by atoms with Gasteiger partial charge in [-0.2, -0.15) is 0 Å². The van der Waals surface area contributed by atoms with Crippen molar-refractivity contribution in [3.63, 3.8) is 0 Å². The zero-order valence-corrected chi connectivity index (χ0v) is 27.9. The molecule has 3 aliphatic rings. The van der Waals surface area contributed by atoms with Crippen LogP contribution < -0.4 is 9.64 Å². The number of aryl methyl sites for hydroxylation is 1. The molecule has 0 saturated carbocycles. The second kappa shape index (κ2) is 15.4. The highest BCUT2D eigenvalue weighted by atomic mass is 19.1. The second-order valence-corrected chi connectivity index (χ2v) is 13.2. The second-order valence-electron chi connectivity index (χ2n) is 13.2. The minimum atomic E-state index is -0.788. The molecule has 3 aliphatic heterocycles. The molecule has 0 spiro atoms. The summed E-state index contributed by atoms with van der Waals surface area (Å²) in [5.74, 6) is -0.221. The van der Waals surface area contributed by atoms with Crippen LogP contribution in [0.2, 0.25) is 0 Å². The van der Waals surface area contributed by atoms with Crippen LogP contribution in [0.15, 0.2) is 48.5 Å². The molecule has 0 bridgehead atoms. The molecule has 1 unspecified atom stereocenters. The number of aromatic nitrogens is 1. The van der Waals surface area contributed by atoms with Gasteiger partial charge >= 0.3 is 5.97 Å². The number of carbonyl (C=O) groups excluding carboxylic acids is 2. The van der Waals surface area contributed by atoms with Gasteiger partial charge in [-0.05, 0) is 92.7 Å². The number of benzene rings is 2. The topological polar surface area (TPSA) is 81.2 Å². The van der Waals surface area contributed by atoms with E-state index in [1.165, 1.54) is 11.6 Å². The van der Waals surface area contributed by atoms with Gasteiger partial charge in [-0.25, -0.2) is 13.8 Å². The summed E-state index contributed by atoms with van der Waals surface area (Å²) >= 11 is 0. The van der Waals surface area contributed by atoms with E-state index < -0.39 is 11.6 Å². The minimum absolute atomic E-state index is 0.0493. The van der Waals surface area contributed by atoms with Gasteiger partial charge in [0.2, 0.25) is 5.91 Å². The molecule has 3 saturated heterocycles. The molecule has 0 radical (unpaired) electrons. The third-order valence-corrected chi connectivity index (χ3v) is 10.0. The van der Waals surface area contributed by atoms with E-state index in [2.05, 4.69) is 17.0 Å². The summed E-state index contributed by atoms with van der Waals surface area (Å²) < 4.78 is 46.5. The molecule has 1 amide bonds. The Balaban J connectivity index is 1.09. The number of pyridine rings is 1. The fourth-order valence-electron chi connectivity index (χ4n) is 7.12. The van der Waals surface area contributed by atoms with E-state index in [-0.39, 0.29) is 35.7 Å². The standard InChI is InChI=1S/C38H45F2N3O5/c1-3-47-38(45)28-11-14-42(15-12-28)35-6-4-5-34(41-35)32-21-31(39)22-33(40)37(32)48-24-30-8-7-29(19-25(30)2)27-9-16-43(17-10-27)36(44)20-26-13-18-46-23-26/h4-8,19,21-22,26-28H,3,9-18,20,23-24H2,1-2H3. The van der Waals surface area contributed by atoms with Crippen LogP contribution in [0.25, 0.3) is 11.3 Å². The highest BCUT2D eigenvalue weighted by molar-refractivity contribution is 5.76. The monoisotopic (exact) mass is 661 g/mol. The number of halogens is 2. The van der Waals surface area contributed by atoms with Crippen LogP contribution >= 0.6 is 0 Å². The Morgan fingerprint density at radius 3 is 2.48 bits per heavy atom. The van der Waals surface area contributed by atoms with E-state index >= 15 is 4.39 Å². The van der Waals surface area contributed by atoms with Gasteiger partial charge in [0, 0.05) is 57.4 Å². The van der Waals surface area contributed by atoms with Crippen LogP contribution in [0.3, 0.4) is 0 Å². The molecule has 10 heteroatoms. The van der Waals surface area contributed by atoms with E-state index in [1.54, 1.807) is 13.0 Å². The van der Waals surface area contributed by atoms with Gasteiger partial charge in [0.1, 0.15) is 18.2 Å². The van der Waals surface area contributed by atoms with Crippen molar-refractivity contribution in [1.29, 1.82) is 0 Å². The zero-order valence-electron chi connectivity index (χ0n) is 27.9. The number of hydrogen-bond donors (Lipinski definition) is 0. The van der Waals surface area contributed by atoms with Gasteiger partial charge in [0.15, 0.2) is 11.6 Å². The van der Waals surface area contributed by atoms with E-state index in [1.807, 2.05) is 30.0 Å². The maximum Gasteiger partial charge on any atom is 0.309 e. The lowest BCUT2D eigenvalue weighted by atomic mass is 9.87. The number of hydrogen-bond acceptors (Lipinski definition) is 7. The average molecular weight is 662 g/mol. The molecular weight excluding hydrogens is 616 g/mol. The number of piperidine rings is 2. The van der Waals surface area contributed by atoms with E-state index in [4.69, 9.17) is 19.2 Å². The molecule has 2 aromatic carbocycles. The number of anilines is 1. The highest BCUT2D eigenvalue weighted by Gasteiger charge is 2.29.